The molecular formula is C25H33N3O5S2. The van der Waals surface area contributed by atoms with Gasteiger partial charge in [0, 0.05) is 18.7 Å². The third-order valence-corrected chi connectivity index (χ3v) is 8.85. The fraction of sp³-hybridized carbons (Fsp3) is 0.600. The summed E-state index contributed by atoms with van der Waals surface area (Å²) in [6, 6.07) is 3.97. The number of hydrogen-bond acceptors (Lipinski definition) is 8. The summed E-state index contributed by atoms with van der Waals surface area (Å²) < 4.78 is 17.4. The van der Waals surface area contributed by atoms with E-state index in [9.17, 15) is 14.7 Å². The first kappa shape index (κ1) is 25.8. The molecule has 2 atom stereocenters. The summed E-state index contributed by atoms with van der Waals surface area (Å²) in [5.74, 6) is 0.417. The number of carbonyl (C=O) groups is 2. The van der Waals surface area contributed by atoms with Crippen molar-refractivity contribution >= 4 is 35.4 Å². The first-order chi connectivity index (χ1) is 17.0. The molecule has 0 aromatic carbocycles. The quantitative estimate of drug-likeness (QED) is 0.412. The predicted octanol–water partition coefficient (Wildman–Crippen LogP) is 5.85. The highest BCUT2D eigenvalue weighted by Gasteiger charge is 2.29. The van der Waals surface area contributed by atoms with E-state index in [1.807, 2.05) is 19.2 Å². The van der Waals surface area contributed by atoms with Gasteiger partial charge in [-0.2, -0.15) is 4.37 Å². The van der Waals surface area contributed by atoms with Gasteiger partial charge in [-0.1, -0.05) is 19.8 Å². The molecule has 1 N–H and O–H groups in total. The van der Waals surface area contributed by atoms with Crippen molar-refractivity contribution in [1.29, 1.82) is 0 Å². The van der Waals surface area contributed by atoms with Crippen LogP contribution in [0.2, 0.25) is 0 Å². The van der Waals surface area contributed by atoms with Crippen molar-refractivity contribution in [2.24, 2.45) is 5.92 Å². The summed E-state index contributed by atoms with van der Waals surface area (Å²) in [6.07, 6.45) is 8.55. The minimum Gasteiger partial charge on any atom is -0.489 e. The van der Waals surface area contributed by atoms with Gasteiger partial charge < -0.3 is 19.5 Å². The maximum atomic E-state index is 12.7. The number of pyridine rings is 1. The molecule has 0 bridgehead atoms. The van der Waals surface area contributed by atoms with E-state index in [4.69, 9.17) is 9.47 Å². The third-order valence-electron chi connectivity index (χ3n) is 6.78. The molecule has 0 saturated heterocycles. The van der Waals surface area contributed by atoms with Crippen molar-refractivity contribution in [3.8, 4) is 17.1 Å². The lowest BCUT2D eigenvalue weighted by Gasteiger charge is -2.27. The van der Waals surface area contributed by atoms with Crippen molar-refractivity contribution in [2.75, 3.05) is 12.8 Å². The van der Waals surface area contributed by atoms with Crippen molar-refractivity contribution in [1.82, 2.24) is 14.3 Å². The Labute approximate surface area is 214 Å². The highest BCUT2D eigenvalue weighted by atomic mass is 32.2. The van der Waals surface area contributed by atoms with Gasteiger partial charge in [-0.3, -0.25) is 9.78 Å². The fourth-order valence-electron chi connectivity index (χ4n) is 4.80. The second-order valence-electron chi connectivity index (χ2n) is 9.15. The molecule has 0 unspecified atom stereocenters. The maximum absolute atomic E-state index is 12.7. The predicted molar refractivity (Wildman–Crippen MR) is 136 cm³/mol. The molecule has 4 rings (SSSR count). The molecule has 2 aromatic rings. The molecule has 2 aliphatic carbocycles. The molecule has 2 fully saturated rings. The number of thioether (sulfide) groups is 1. The topological polar surface area (TPSA) is 102 Å². The zero-order valence-corrected chi connectivity index (χ0v) is 21.9. The van der Waals surface area contributed by atoms with Gasteiger partial charge in [0.05, 0.1) is 28.1 Å². The number of carboxylic acids is 1. The maximum Gasteiger partial charge on any atom is 0.410 e. The molecular weight excluding hydrogens is 486 g/mol. The van der Waals surface area contributed by atoms with Gasteiger partial charge in [0.25, 0.3) is 0 Å². The highest BCUT2D eigenvalue weighted by Crippen LogP contribution is 2.36. The minimum absolute atomic E-state index is 0.115. The molecule has 2 saturated carbocycles. The standard InChI is InChI=1S/C25H33N3O5S2/c1-3-34-24-20(15-32-25(31)28(2)17-8-4-5-9-17)22(27-35-24)21-12-11-19(14-26-21)33-18-10-6-7-16(13-18)23(29)30/h11-12,14,16-18H,3-10,13,15H2,1-2H3,(H,29,30)/t16-,18-/m0/s1. The summed E-state index contributed by atoms with van der Waals surface area (Å²) in [6.45, 7) is 2.24. The van der Waals surface area contributed by atoms with E-state index < -0.39 is 5.97 Å². The van der Waals surface area contributed by atoms with Crippen molar-refractivity contribution in [3.63, 3.8) is 0 Å². The van der Waals surface area contributed by atoms with E-state index in [1.54, 1.807) is 22.9 Å². The van der Waals surface area contributed by atoms with Gasteiger partial charge in [-0.05, 0) is 67.9 Å². The zero-order chi connectivity index (χ0) is 24.8. The number of carboxylic acid groups (broad SMARTS) is 1. The number of carbonyl (C=O) groups excluding carboxylic acids is 1. The van der Waals surface area contributed by atoms with Crippen molar-refractivity contribution in [2.45, 2.75) is 81.3 Å². The van der Waals surface area contributed by atoms with E-state index in [-0.39, 0.29) is 30.8 Å². The summed E-state index contributed by atoms with van der Waals surface area (Å²) in [4.78, 5) is 30.3. The smallest absolute Gasteiger partial charge is 0.410 e. The van der Waals surface area contributed by atoms with Gasteiger partial charge >= 0.3 is 12.1 Å². The summed E-state index contributed by atoms with van der Waals surface area (Å²) in [7, 11) is 1.82. The molecule has 0 radical (unpaired) electrons. The second kappa shape index (κ2) is 12.1. The van der Waals surface area contributed by atoms with Crippen LogP contribution >= 0.6 is 23.3 Å². The Bertz CT molecular complexity index is 1010. The van der Waals surface area contributed by atoms with E-state index in [0.29, 0.717) is 24.3 Å². The SMILES string of the molecule is CCSc1snc(-c2ccc(O[C@H]3CCC[C@H](C(=O)O)C3)cn2)c1COC(=O)N(C)C1CCCC1. The fourth-order valence-corrected chi connectivity index (χ4v) is 6.71. The van der Waals surface area contributed by atoms with Gasteiger partial charge in [0.2, 0.25) is 0 Å². The lowest BCUT2D eigenvalue weighted by Crippen LogP contribution is -2.35. The molecule has 2 heterocycles. The largest absolute Gasteiger partial charge is 0.489 e. The van der Waals surface area contributed by atoms with Gasteiger partial charge in [-0.25, -0.2) is 4.79 Å². The van der Waals surface area contributed by atoms with Crippen molar-refractivity contribution < 1.29 is 24.2 Å². The third kappa shape index (κ3) is 6.46. The minimum atomic E-state index is -0.751. The van der Waals surface area contributed by atoms with E-state index in [1.165, 1.54) is 11.5 Å². The summed E-state index contributed by atoms with van der Waals surface area (Å²) >= 11 is 3.08. The first-order valence-corrected chi connectivity index (χ1v) is 14.1. The van der Waals surface area contributed by atoms with Crippen LogP contribution in [-0.4, -0.2) is 56.4 Å². The van der Waals surface area contributed by atoms with Gasteiger partial charge in [0.15, 0.2) is 0 Å². The number of amides is 1. The number of rotatable bonds is 9. The number of ether oxygens (including phenoxy) is 2. The Morgan fingerprint density at radius 3 is 2.69 bits per heavy atom. The van der Waals surface area contributed by atoms with Crippen LogP contribution in [-0.2, 0) is 16.1 Å². The van der Waals surface area contributed by atoms with Crippen LogP contribution in [0.5, 0.6) is 5.75 Å². The van der Waals surface area contributed by atoms with Crippen LogP contribution in [0.15, 0.2) is 22.5 Å². The van der Waals surface area contributed by atoms with Crippen LogP contribution in [0.25, 0.3) is 11.4 Å². The van der Waals surface area contributed by atoms with Crippen LogP contribution in [0.1, 0.15) is 63.9 Å². The number of aliphatic carboxylic acids is 1. The Balaban J connectivity index is 1.43. The molecule has 1 amide bonds. The average molecular weight is 520 g/mol. The Kier molecular flexibility index (Phi) is 8.89. The average Bonchev–Trinajstić information content (AvgIpc) is 3.54. The molecule has 8 nitrogen and oxygen atoms in total. The first-order valence-electron chi connectivity index (χ1n) is 12.3. The zero-order valence-electron chi connectivity index (χ0n) is 20.3. The van der Waals surface area contributed by atoms with Gasteiger partial charge in [-0.15, -0.1) is 11.8 Å². The van der Waals surface area contributed by atoms with E-state index in [2.05, 4.69) is 16.3 Å². The molecule has 10 heteroatoms. The molecule has 35 heavy (non-hydrogen) atoms. The van der Waals surface area contributed by atoms with Crippen molar-refractivity contribution in [3.05, 3.63) is 23.9 Å². The van der Waals surface area contributed by atoms with Crippen LogP contribution in [0.3, 0.4) is 0 Å². The normalized spacial score (nSPS) is 20.5. The molecule has 0 spiro atoms. The van der Waals surface area contributed by atoms with E-state index in [0.717, 1.165) is 59.7 Å². The molecule has 2 aromatic heterocycles. The molecule has 2 aliphatic rings. The molecule has 0 aliphatic heterocycles. The van der Waals surface area contributed by atoms with Gasteiger partial charge in [0.1, 0.15) is 18.1 Å². The van der Waals surface area contributed by atoms with E-state index >= 15 is 0 Å². The Morgan fingerprint density at radius 2 is 2.00 bits per heavy atom. The second-order valence-corrected chi connectivity index (χ2v) is 11.5. The van der Waals surface area contributed by atoms with Crippen LogP contribution in [0, 0.1) is 5.92 Å². The van der Waals surface area contributed by atoms with Crippen LogP contribution < -0.4 is 4.74 Å². The lowest BCUT2D eigenvalue weighted by atomic mass is 9.87. The monoisotopic (exact) mass is 519 g/mol. The molecule has 190 valence electrons. The summed E-state index contributed by atoms with van der Waals surface area (Å²) in [5, 5.41) is 9.30. The Morgan fingerprint density at radius 1 is 1.20 bits per heavy atom. The number of nitrogens with zero attached hydrogens (tertiary/aromatic N) is 3. The summed E-state index contributed by atoms with van der Waals surface area (Å²) in [5.41, 5.74) is 2.30. The van der Waals surface area contributed by atoms with Crippen LogP contribution in [0.4, 0.5) is 4.79 Å². The lowest BCUT2D eigenvalue weighted by molar-refractivity contribution is -0.143. The number of hydrogen-bond donors (Lipinski definition) is 1. The highest BCUT2D eigenvalue weighted by molar-refractivity contribution is 8.01. The Hall–Kier alpha value is -2.33. The number of aromatic nitrogens is 2.